The molecule has 1 fully saturated rings. The number of piperazine rings is 1. The molecule has 6 nitrogen and oxygen atoms in total. The fraction of sp³-hybridized carbons (Fsp3) is 0.368. The van der Waals surface area contributed by atoms with Crippen LogP contribution in [0.25, 0.3) is 0 Å². The maximum absolute atomic E-state index is 12.3. The summed E-state index contributed by atoms with van der Waals surface area (Å²) in [4.78, 5) is 20.8. The smallest absolute Gasteiger partial charge is 0.236 e. The fourth-order valence-electron chi connectivity index (χ4n) is 2.92. The van der Waals surface area contributed by atoms with Crippen molar-refractivity contribution in [3.05, 3.63) is 54.4 Å². The Balaban J connectivity index is 1.42. The Morgan fingerprint density at radius 3 is 2.52 bits per heavy atom. The van der Waals surface area contributed by atoms with Crippen LogP contribution < -0.4 is 15.0 Å². The summed E-state index contributed by atoms with van der Waals surface area (Å²) in [5.41, 5.74) is 2.11. The first-order valence-corrected chi connectivity index (χ1v) is 8.53. The first-order valence-electron chi connectivity index (χ1n) is 8.53. The van der Waals surface area contributed by atoms with E-state index in [9.17, 15) is 4.79 Å². The van der Waals surface area contributed by atoms with Gasteiger partial charge in [-0.05, 0) is 36.4 Å². The Kier molecular flexibility index (Phi) is 5.85. The maximum Gasteiger partial charge on any atom is 0.236 e. The predicted octanol–water partition coefficient (Wildman–Crippen LogP) is 1.53. The molecule has 2 aromatic rings. The van der Waals surface area contributed by atoms with Crippen molar-refractivity contribution in [3.63, 3.8) is 0 Å². The Labute approximate surface area is 148 Å². The number of rotatable bonds is 6. The van der Waals surface area contributed by atoms with E-state index in [2.05, 4.69) is 27.3 Å². The zero-order valence-electron chi connectivity index (χ0n) is 14.5. The van der Waals surface area contributed by atoms with E-state index >= 15 is 0 Å². The summed E-state index contributed by atoms with van der Waals surface area (Å²) in [5.74, 6) is 1.00. The van der Waals surface area contributed by atoms with Crippen molar-refractivity contribution in [1.29, 1.82) is 0 Å². The highest BCUT2D eigenvalue weighted by Gasteiger charge is 2.20. The highest BCUT2D eigenvalue weighted by molar-refractivity contribution is 5.78. The third kappa shape index (κ3) is 4.70. The van der Waals surface area contributed by atoms with Crippen molar-refractivity contribution in [3.8, 4) is 5.75 Å². The van der Waals surface area contributed by atoms with Gasteiger partial charge in [0.1, 0.15) is 5.75 Å². The number of hydrogen-bond acceptors (Lipinski definition) is 5. The van der Waals surface area contributed by atoms with Crippen LogP contribution in [-0.2, 0) is 11.3 Å². The van der Waals surface area contributed by atoms with Gasteiger partial charge in [-0.3, -0.25) is 9.78 Å². The monoisotopic (exact) mass is 340 g/mol. The lowest BCUT2D eigenvalue weighted by molar-refractivity contribution is -0.130. The summed E-state index contributed by atoms with van der Waals surface area (Å²) < 4.78 is 5.19. The molecular formula is C19H24N4O2. The highest BCUT2D eigenvalue weighted by atomic mass is 16.5. The van der Waals surface area contributed by atoms with E-state index in [0.29, 0.717) is 13.1 Å². The van der Waals surface area contributed by atoms with Gasteiger partial charge in [0.05, 0.1) is 19.3 Å². The molecule has 0 unspecified atom stereocenters. The molecular weight excluding hydrogens is 316 g/mol. The molecule has 1 aliphatic heterocycles. The van der Waals surface area contributed by atoms with Crippen molar-refractivity contribution in [2.24, 2.45) is 0 Å². The molecule has 1 aromatic carbocycles. The summed E-state index contributed by atoms with van der Waals surface area (Å²) in [6.07, 6.45) is 1.76. The number of anilines is 1. The Bertz CT molecular complexity index is 668. The van der Waals surface area contributed by atoms with E-state index < -0.39 is 0 Å². The van der Waals surface area contributed by atoms with E-state index in [1.807, 2.05) is 35.2 Å². The van der Waals surface area contributed by atoms with Crippen LogP contribution in [0.15, 0.2) is 48.7 Å². The quantitative estimate of drug-likeness (QED) is 0.864. The SMILES string of the molecule is COc1ccc(N2CCN(C(=O)CNCc3ccccn3)CC2)cc1. The standard InChI is InChI=1S/C19H24N4O2/c1-25-18-7-5-17(6-8-18)22-10-12-23(13-11-22)19(24)15-20-14-16-4-2-3-9-21-16/h2-9,20H,10-15H2,1H3. The van der Waals surface area contributed by atoms with E-state index in [4.69, 9.17) is 4.74 Å². The van der Waals surface area contributed by atoms with Crippen LogP contribution in [0.3, 0.4) is 0 Å². The summed E-state index contributed by atoms with van der Waals surface area (Å²) >= 11 is 0. The van der Waals surface area contributed by atoms with Crippen molar-refractivity contribution in [2.45, 2.75) is 6.54 Å². The van der Waals surface area contributed by atoms with Crippen LogP contribution in [0.5, 0.6) is 5.75 Å². The van der Waals surface area contributed by atoms with E-state index in [-0.39, 0.29) is 5.91 Å². The minimum Gasteiger partial charge on any atom is -0.497 e. The van der Waals surface area contributed by atoms with Gasteiger partial charge in [-0.15, -0.1) is 0 Å². The third-order valence-corrected chi connectivity index (χ3v) is 4.38. The normalized spacial score (nSPS) is 14.4. The fourth-order valence-corrected chi connectivity index (χ4v) is 2.92. The number of pyridine rings is 1. The van der Waals surface area contributed by atoms with Gasteiger partial charge < -0.3 is 19.9 Å². The molecule has 132 valence electrons. The van der Waals surface area contributed by atoms with Gasteiger partial charge in [-0.2, -0.15) is 0 Å². The van der Waals surface area contributed by atoms with Crippen LogP contribution in [0.1, 0.15) is 5.69 Å². The number of nitrogens with zero attached hydrogens (tertiary/aromatic N) is 3. The molecule has 0 radical (unpaired) electrons. The van der Waals surface area contributed by atoms with E-state index in [1.165, 1.54) is 5.69 Å². The van der Waals surface area contributed by atoms with Crippen LogP contribution in [0.4, 0.5) is 5.69 Å². The molecule has 6 heteroatoms. The highest BCUT2D eigenvalue weighted by Crippen LogP contribution is 2.20. The Morgan fingerprint density at radius 2 is 1.88 bits per heavy atom. The predicted molar refractivity (Wildman–Crippen MR) is 97.7 cm³/mol. The zero-order chi connectivity index (χ0) is 17.5. The molecule has 3 rings (SSSR count). The average molecular weight is 340 g/mol. The number of methoxy groups -OCH3 is 1. The van der Waals surface area contributed by atoms with Gasteiger partial charge in [0.15, 0.2) is 0 Å². The molecule has 1 aromatic heterocycles. The summed E-state index contributed by atoms with van der Waals surface area (Å²) in [6.45, 7) is 4.14. The lowest BCUT2D eigenvalue weighted by Crippen LogP contribution is -2.50. The number of hydrogen-bond donors (Lipinski definition) is 1. The largest absolute Gasteiger partial charge is 0.497 e. The second-order valence-electron chi connectivity index (χ2n) is 5.99. The molecule has 0 aliphatic carbocycles. The molecule has 1 aliphatic rings. The molecule has 0 saturated carbocycles. The van der Waals surface area contributed by atoms with Crippen molar-refractivity contribution in [2.75, 3.05) is 44.7 Å². The minimum atomic E-state index is 0.144. The molecule has 1 saturated heterocycles. The van der Waals surface area contributed by atoms with Gasteiger partial charge in [0, 0.05) is 44.6 Å². The molecule has 25 heavy (non-hydrogen) atoms. The molecule has 1 N–H and O–H groups in total. The topological polar surface area (TPSA) is 57.7 Å². The second kappa shape index (κ2) is 8.48. The van der Waals surface area contributed by atoms with E-state index in [0.717, 1.165) is 37.6 Å². The number of amides is 1. The molecule has 2 heterocycles. The van der Waals surface area contributed by atoms with Crippen molar-refractivity contribution < 1.29 is 9.53 Å². The Morgan fingerprint density at radius 1 is 1.12 bits per heavy atom. The number of aromatic nitrogens is 1. The number of benzene rings is 1. The molecule has 1 amide bonds. The first-order chi connectivity index (χ1) is 12.3. The second-order valence-corrected chi connectivity index (χ2v) is 5.99. The number of nitrogens with one attached hydrogen (secondary N) is 1. The van der Waals surface area contributed by atoms with Crippen LogP contribution in [-0.4, -0.2) is 55.6 Å². The summed E-state index contributed by atoms with van der Waals surface area (Å²) in [6, 6.07) is 13.8. The summed E-state index contributed by atoms with van der Waals surface area (Å²) in [7, 11) is 1.67. The summed E-state index contributed by atoms with van der Waals surface area (Å²) in [5, 5.41) is 3.17. The average Bonchev–Trinajstić information content (AvgIpc) is 2.69. The maximum atomic E-state index is 12.3. The number of carbonyl (C=O) groups is 1. The van der Waals surface area contributed by atoms with Crippen LogP contribution >= 0.6 is 0 Å². The van der Waals surface area contributed by atoms with E-state index in [1.54, 1.807) is 13.3 Å². The van der Waals surface area contributed by atoms with Gasteiger partial charge in [0.25, 0.3) is 0 Å². The van der Waals surface area contributed by atoms with Gasteiger partial charge in [-0.1, -0.05) is 6.07 Å². The number of carbonyl (C=O) groups excluding carboxylic acids is 1. The molecule has 0 spiro atoms. The molecule has 0 atom stereocenters. The Hall–Kier alpha value is -2.60. The van der Waals surface area contributed by atoms with Crippen LogP contribution in [0, 0.1) is 0 Å². The third-order valence-electron chi connectivity index (χ3n) is 4.38. The van der Waals surface area contributed by atoms with Crippen molar-refractivity contribution >= 4 is 11.6 Å². The van der Waals surface area contributed by atoms with Crippen LogP contribution in [0.2, 0.25) is 0 Å². The molecule has 0 bridgehead atoms. The number of ether oxygens (including phenoxy) is 1. The van der Waals surface area contributed by atoms with Gasteiger partial charge >= 0.3 is 0 Å². The minimum absolute atomic E-state index is 0.144. The zero-order valence-corrected chi connectivity index (χ0v) is 14.5. The van der Waals surface area contributed by atoms with Crippen molar-refractivity contribution in [1.82, 2.24) is 15.2 Å². The first kappa shape index (κ1) is 17.2. The van der Waals surface area contributed by atoms with Gasteiger partial charge in [0.2, 0.25) is 5.91 Å². The lowest BCUT2D eigenvalue weighted by atomic mass is 10.2. The van der Waals surface area contributed by atoms with Gasteiger partial charge in [-0.25, -0.2) is 0 Å². The lowest BCUT2D eigenvalue weighted by Gasteiger charge is -2.36.